The van der Waals surface area contributed by atoms with Crippen LogP contribution in [0.3, 0.4) is 0 Å². The number of nitrogens with zero attached hydrogens (tertiary/aromatic N) is 1. The zero-order valence-electron chi connectivity index (χ0n) is 11.6. The van der Waals surface area contributed by atoms with E-state index in [0.29, 0.717) is 0 Å². The predicted molar refractivity (Wildman–Crippen MR) is 78.9 cm³/mol. The number of nitro groups is 1. The molecule has 2 unspecified atom stereocenters. The Bertz CT molecular complexity index is 590. The van der Waals surface area contributed by atoms with Gasteiger partial charge in [0.25, 0.3) is 0 Å². The number of phenolic OH excluding ortho intramolecular Hbond substituents is 1. The minimum absolute atomic E-state index is 0.0630. The first-order valence-electron chi connectivity index (χ1n) is 6.24. The van der Waals surface area contributed by atoms with E-state index in [1.165, 1.54) is 6.92 Å². The molecule has 22 heavy (non-hydrogen) atoms. The lowest BCUT2D eigenvalue weighted by Crippen LogP contribution is -2.19. The van der Waals surface area contributed by atoms with Gasteiger partial charge in [-0.25, -0.2) is 0 Å². The van der Waals surface area contributed by atoms with Crippen molar-refractivity contribution in [3.63, 3.8) is 0 Å². The molecule has 9 heteroatoms. The summed E-state index contributed by atoms with van der Waals surface area (Å²) in [5.41, 5.74) is -1.15. The quantitative estimate of drug-likeness (QED) is 0.385. The van der Waals surface area contributed by atoms with Crippen molar-refractivity contribution in [1.82, 2.24) is 0 Å². The molecule has 1 aromatic rings. The molecule has 1 aromatic carbocycles. The van der Waals surface area contributed by atoms with E-state index < -0.39 is 28.6 Å². The Morgan fingerprint density at radius 1 is 1.45 bits per heavy atom. The first-order chi connectivity index (χ1) is 10.3. The number of aliphatic hydroxyl groups excluding tert-OH is 2. The smallest absolute Gasteiger partial charge is 0.311 e. The van der Waals surface area contributed by atoms with Gasteiger partial charge >= 0.3 is 5.69 Å². The van der Waals surface area contributed by atoms with Crippen LogP contribution in [0.1, 0.15) is 35.4 Å². The fourth-order valence-corrected chi connectivity index (χ4v) is 2.41. The molecule has 0 aliphatic carbocycles. The largest absolute Gasteiger partial charge is 0.502 e. The Morgan fingerprint density at radius 3 is 2.59 bits per heavy atom. The van der Waals surface area contributed by atoms with Crippen LogP contribution >= 0.6 is 11.8 Å². The van der Waals surface area contributed by atoms with Crippen molar-refractivity contribution < 1.29 is 29.8 Å². The standard InChI is InChI=1S/C13H15NO7S/c1-7(16)22-3-2-11(17)13(19)8-4-9(6-15)12(18)10(5-8)14(20)21/h4-6,11,13,17-19H,2-3H2,1H3. The normalized spacial score (nSPS) is 13.4. The molecule has 0 aromatic heterocycles. The Kier molecular flexibility index (Phi) is 6.47. The van der Waals surface area contributed by atoms with E-state index in [1.807, 2.05) is 0 Å². The van der Waals surface area contributed by atoms with Gasteiger partial charge in [-0.05, 0) is 18.1 Å². The highest BCUT2D eigenvalue weighted by molar-refractivity contribution is 8.13. The van der Waals surface area contributed by atoms with Gasteiger partial charge in [0.1, 0.15) is 6.10 Å². The van der Waals surface area contributed by atoms with Crippen molar-refractivity contribution in [1.29, 1.82) is 0 Å². The van der Waals surface area contributed by atoms with Crippen LogP contribution in [0.4, 0.5) is 5.69 Å². The Morgan fingerprint density at radius 2 is 2.09 bits per heavy atom. The summed E-state index contributed by atoms with van der Waals surface area (Å²) in [5.74, 6) is -0.522. The lowest BCUT2D eigenvalue weighted by atomic mass is 9.99. The number of carbonyl (C=O) groups excluding carboxylic acids is 2. The number of hydrogen-bond acceptors (Lipinski definition) is 8. The van der Waals surface area contributed by atoms with Crippen molar-refractivity contribution in [2.45, 2.75) is 25.6 Å². The second kappa shape index (κ2) is 7.87. The molecule has 0 spiro atoms. The van der Waals surface area contributed by atoms with Gasteiger partial charge in [0.15, 0.2) is 11.4 Å². The summed E-state index contributed by atoms with van der Waals surface area (Å²) in [6.45, 7) is 1.37. The molecule has 120 valence electrons. The maximum Gasteiger partial charge on any atom is 0.311 e. The van der Waals surface area contributed by atoms with Crippen LogP contribution in [0.15, 0.2) is 12.1 Å². The van der Waals surface area contributed by atoms with E-state index in [9.17, 15) is 35.0 Å². The highest BCUT2D eigenvalue weighted by Gasteiger charge is 2.25. The maximum absolute atomic E-state index is 10.8. The highest BCUT2D eigenvalue weighted by Crippen LogP contribution is 2.33. The van der Waals surface area contributed by atoms with Crippen molar-refractivity contribution in [3.05, 3.63) is 33.4 Å². The molecule has 0 bridgehead atoms. The number of nitro benzene ring substituents is 1. The van der Waals surface area contributed by atoms with Crippen LogP contribution in [0.5, 0.6) is 5.75 Å². The first kappa shape index (κ1) is 18.1. The van der Waals surface area contributed by atoms with E-state index in [0.717, 1.165) is 23.9 Å². The van der Waals surface area contributed by atoms with E-state index in [4.69, 9.17) is 0 Å². The molecule has 0 fully saturated rings. The SMILES string of the molecule is CC(=O)SCCC(O)C(O)c1cc(C=O)c(O)c([N+](=O)[O-])c1. The number of aliphatic hydroxyl groups is 2. The monoisotopic (exact) mass is 329 g/mol. The van der Waals surface area contributed by atoms with Crippen molar-refractivity contribution in [2.24, 2.45) is 0 Å². The highest BCUT2D eigenvalue weighted by atomic mass is 32.2. The van der Waals surface area contributed by atoms with Crippen LogP contribution in [0, 0.1) is 10.1 Å². The Labute approximate surface area is 129 Å². The fourth-order valence-electron chi connectivity index (χ4n) is 1.77. The summed E-state index contributed by atoms with van der Waals surface area (Å²) in [4.78, 5) is 31.5. The number of aromatic hydroxyl groups is 1. The van der Waals surface area contributed by atoms with Gasteiger partial charge in [-0.1, -0.05) is 11.8 Å². The summed E-state index contributed by atoms with van der Waals surface area (Å²) in [6.07, 6.45) is -2.45. The minimum Gasteiger partial charge on any atom is -0.502 e. The topological polar surface area (TPSA) is 138 Å². The number of aldehydes is 1. The van der Waals surface area contributed by atoms with Crippen LogP contribution in [0.2, 0.25) is 0 Å². The number of rotatable bonds is 7. The second-order valence-corrected chi connectivity index (χ2v) is 5.77. The Hall–Kier alpha value is -1.97. The van der Waals surface area contributed by atoms with Gasteiger partial charge in [0, 0.05) is 18.7 Å². The third-order valence-electron chi connectivity index (χ3n) is 2.89. The molecule has 2 atom stereocenters. The average Bonchev–Trinajstić information content (AvgIpc) is 2.45. The van der Waals surface area contributed by atoms with Gasteiger partial charge < -0.3 is 15.3 Å². The molecule has 0 amide bonds. The van der Waals surface area contributed by atoms with Gasteiger partial charge in [0.2, 0.25) is 5.75 Å². The number of hydrogen-bond donors (Lipinski definition) is 3. The number of benzene rings is 1. The van der Waals surface area contributed by atoms with Crippen molar-refractivity contribution in [2.75, 3.05) is 5.75 Å². The van der Waals surface area contributed by atoms with E-state index in [1.54, 1.807) is 0 Å². The van der Waals surface area contributed by atoms with Gasteiger partial charge in [0.05, 0.1) is 16.6 Å². The number of phenols is 1. The Balaban J connectivity index is 2.99. The van der Waals surface area contributed by atoms with E-state index in [2.05, 4.69) is 0 Å². The van der Waals surface area contributed by atoms with Crippen molar-refractivity contribution in [3.8, 4) is 5.75 Å². The molecule has 1 rings (SSSR count). The summed E-state index contributed by atoms with van der Waals surface area (Å²) in [7, 11) is 0. The molecule has 0 aliphatic rings. The molecule has 8 nitrogen and oxygen atoms in total. The molecular formula is C13H15NO7S. The van der Waals surface area contributed by atoms with Gasteiger partial charge in [-0.3, -0.25) is 19.7 Å². The van der Waals surface area contributed by atoms with Gasteiger partial charge in [-0.2, -0.15) is 0 Å². The van der Waals surface area contributed by atoms with Crippen LogP contribution in [-0.4, -0.2) is 43.5 Å². The lowest BCUT2D eigenvalue weighted by molar-refractivity contribution is -0.386. The van der Waals surface area contributed by atoms with Crippen LogP contribution in [-0.2, 0) is 4.79 Å². The molecule has 0 saturated heterocycles. The molecule has 0 radical (unpaired) electrons. The summed E-state index contributed by atoms with van der Waals surface area (Å²) < 4.78 is 0. The number of thioether (sulfide) groups is 1. The van der Waals surface area contributed by atoms with E-state index >= 15 is 0 Å². The lowest BCUT2D eigenvalue weighted by Gasteiger charge is -2.18. The predicted octanol–water partition coefficient (Wildman–Crippen LogP) is 1.18. The molecule has 0 saturated carbocycles. The van der Waals surface area contributed by atoms with Gasteiger partial charge in [-0.15, -0.1) is 0 Å². The number of carbonyl (C=O) groups is 2. The molecular weight excluding hydrogens is 314 g/mol. The third-order valence-corrected chi connectivity index (χ3v) is 3.74. The zero-order chi connectivity index (χ0) is 16.9. The minimum atomic E-state index is -1.48. The zero-order valence-corrected chi connectivity index (χ0v) is 12.4. The van der Waals surface area contributed by atoms with Crippen molar-refractivity contribution >= 4 is 28.9 Å². The molecule has 0 heterocycles. The average molecular weight is 329 g/mol. The third kappa shape index (κ3) is 4.52. The first-order valence-corrected chi connectivity index (χ1v) is 7.22. The summed E-state index contributed by atoms with van der Waals surface area (Å²) >= 11 is 0.976. The van der Waals surface area contributed by atoms with Crippen LogP contribution < -0.4 is 0 Å². The molecule has 0 aliphatic heterocycles. The van der Waals surface area contributed by atoms with Crippen LogP contribution in [0.25, 0.3) is 0 Å². The summed E-state index contributed by atoms with van der Waals surface area (Å²) in [6, 6.07) is 1.97. The second-order valence-electron chi connectivity index (χ2n) is 4.49. The summed E-state index contributed by atoms with van der Waals surface area (Å²) in [5, 5.41) is 40.1. The fraction of sp³-hybridized carbons (Fsp3) is 0.385. The maximum atomic E-state index is 10.8. The molecule has 3 N–H and O–H groups in total. The van der Waals surface area contributed by atoms with E-state index in [-0.39, 0.29) is 34.7 Å².